The molecular formula is C9H18O. The fourth-order valence-electron chi connectivity index (χ4n) is 1.06. The Morgan fingerprint density at radius 1 is 1.40 bits per heavy atom. The number of hydrogen-bond acceptors (Lipinski definition) is 1. The van der Waals surface area contributed by atoms with Gasteiger partial charge in [-0.1, -0.05) is 26.8 Å². The van der Waals surface area contributed by atoms with E-state index in [1.807, 2.05) is 26.8 Å². The van der Waals surface area contributed by atoms with Gasteiger partial charge >= 0.3 is 0 Å². The van der Waals surface area contributed by atoms with Crippen LogP contribution in [0.25, 0.3) is 0 Å². The number of hydrogen-bond donors (Lipinski definition) is 1. The Labute approximate surface area is 63.8 Å². The molecule has 0 bridgehead atoms. The van der Waals surface area contributed by atoms with E-state index in [0.717, 1.165) is 6.42 Å². The van der Waals surface area contributed by atoms with Crippen molar-refractivity contribution in [2.45, 2.75) is 33.3 Å². The van der Waals surface area contributed by atoms with Gasteiger partial charge in [0.1, 0.15) is 0 Å². The third-order valence-corrected chi connectivity index (χ3v) is 1.80. The zero-order valence-electron chi connectivity index (χ0n) is 7.17. The van der Waals surface area contributed by atoms with Crippen LogP contribution in [0.15, 0.2) is 12.7 Å². The minimum Gasteiger partial charge on any atom is -0.393 e. The Balaban J connectivity index is 3.68. The molecule has 0 saturated carbocycles. The summed E-state index contributed by atoms with van der Waals surface area (Å²) >= 11 is 0. The van der Waals surface area contributed by atoms with Gasteiger partial charge in [0.05, 0.1) is 6.10 Å². The molecule has 0 aromatic carbocycles. The molecule has 60 valence electrons. The summed E-state index contributed by atoms with van der Waals surface area (Å²) in [7, 11) is 0. The van der Waals surface area contributed by atoms with Crippen molar-refractivity contribution in [3.05, 3.63) is 12.7 Å². The summed E-state index contributed by atoms with van der Waals surface area (Å²) in [5, 5.41) is 9.48. The first kappa shape index (κ1) is 9.70. The predicted molar refractivity (Wildman–Crippen MR) is 44.8 cm³/mol. The van der Waals surface area contributed by atoms with Crippen molar-refractivity contribution in [3.63, 3.8) is 0 Å². The van der Waals surface area contributed by atoms with Crippen molar-refractivity contribution in [1.29, 1.82) is 0 Å². The van der Waals surface area contributed by atoms with E-state index in [2.05, 4.69) is 6.58 Å². The van der Waals surface area contributed by atoms with Crippen LogP contribution in [0.3, 0.4) is 0 Å². The molecule has 0 spiro atoms. The van der Waals surface area contributed by atoms with Gasteiger partial charge in [-0.2, -0.15) is 0 Å². The van der Waals surface area contributed by atoms with Crippen LogP contribution >= 0.6 is 0 Å². The first-order valence-electron chi connectivity index (χ1n) is 3.88. The Kier molecular flexibility index (Phi) is 4.37. The molecule has 10 heavy (non-hydrogen) atoms. The molecule has 0 amide bonds. The number of rotatable bonds is 4. The summed E-state index contributed by atoms with van der Waals surface area (Å²) in [4.78, 5) is 0. The van der Waals surface area contributed by atoms with Crippen LogP contribution < -0.4 is 0 Å². The van der Waals surface area contributed by atoms with Crippen molar-refractivity contribution in [2.75, 3.05) is 0 Å². The van der Waals surface area contributed by atoms with E-state index in [-0.39, 0.29) is 6.10 Å². The molecule has 1 nitrogen and oxygen atoms in total. The van der Waals surface area contributed by atoms with Crippen molar-refractivity contribution in [3.8, 4) is 0 Å². The van der Waals surface area contributed by atoms with Crippen LogP contribution in [-0.4, -0.2) is 11.2 Å². The van der Waals surface area contributed by atoms with Gasteiger partial charge < -0.3 is 5.11 Å². The van der Waals surface area contributed by atoms with Gasteiger partial charge in [0.2, 0.25) is 0 Å². The Hall–Kier alpha value is -0.300. The standard InChI is InChI=1S/C9H18O/c1-5-6-8(4)9(10)7(2)3/h5,7-10H,1,6H2,2-4H3/t8-,9-/m0/s1. The van der Waals surface area contributed by atoms with E-state index < -0.39 is 0 Å². The molecule has 0 aliphatic heterocycles. The molecule has 0 saturated heterocycles. The first-order valence-corrected chi connectivity index (χ1v) is 3.88. The molecule has 2 atom stereocenters. The molecule has 0 aromatic heterocycles. The zero-order chi connectivity index (χ0) is 8.15. The topological polar surface area (TPSA) is 20.2 Å². The molecule has 1 heteroatoms. The molecule has 0 aliphatic carbocycles. The average molecular weight is 142 g/mol. The molecule has 0 fully saturated rings. The monoisotopic (exact) mass is 142 g/mol. The van der Waals surface area contributed by atoms with Crippen LogP contribution in [0.1, 0.15) is 27.2 Å². The van der Waals surface area contributed by atoms with E-state index in [9.17, 15) is 5.11 Å². The Morgan fingerprint density at radius 2 is 1.90 bits per heavy atom. The van der Waals surface area contributed by atoms with E-state index in [4.69, 9.17) is 0 Å². The summed E-state index contributed by atoms with van der Waals surface area (Å²) in [5.74, 6) is 0.701. The van der Waals surface area contributed by atoms with Crippen molar-refractivity contribution in [2.24, 2.45) is 11.8 Å². The van der Waals surface area contributed by atoms with E-state index in [1.54, 1.807) is 0 Å². The summed E-state index contributed by atoms with van der Waals surface area (Å²) in [5.41, 5.74) is 0. The van der Waals surface area contributed by atoms with Gasteiger partial charge in [0.15, 0.2) is 0 Å². The lowest BCUT2D eigenvalue weighted by atomic mass is 9.92. The lowest BCUT2D eigenvalue weighted by Crippen LogP contribution is -2.22. The maximum absolute atomic E-state index is 9.48. The molecule has 0 radical (unpaired) electrons. The number of aliphatic hydroxyl groups excluding tert-OH is 1. The van der Waals surface area contributed by atoms with E-state index >= 15 is 0 Å². The molecule has 0 heterocycles. The summed E-state index contributed by atoms with van der Waals surface area (Å²) < 4.78 is 0. The highest BCUT2D eigenvalue weighted by Gasteiger charge is 2.15. The lowest BCUT2D eigenvalue weighted by molar-refractivity contribution is 0.0736. The maximum atomic E-state index is 9.48. The molecule has 0 rings (SSSR count). The minimum atomic E-state index is -0.182. The molecule has 0 aromatic rings. The van der Waals surface area contributed by atoms with Gasteiger partial charge in [-0.15, -0.1) is 6.58 Å². The van der Waals surface area contributed by atoms with Gasteiger partial charge in [-0.25, -0.2) is 0 Å². The van der Waals surface area contributed by atoms with Crippen LogP contribution in [0, 0.1) is 11.8 Å². The normalized spacial score (nSPS) is 16.9. The number of allylic oxidation sites excluding steroid dienone is 1. The zero-order valence-corrected chi connectivity index (χ0v) is 7.17. The van der Waals surface area contributed by atoms with Crippen LogP contribution in [0.2, 0.25) is 0 Å². The SMILES string of the molecule is C=CC[C@H](C)[C@@H](O)C(C)C. The quantitative estimate of drug-likeness (QED) is 0.597. The second-order valence-electron chi connectivity index (χ2n) is 3.24. The van der Waals surface area contributed by atoms with Gasteiger partial charge in [0.25, 0.3) is 0 Å². The lowest BCUT2D eigenvalue weighted by Gasteiger charge is -2.20. The third kappa shape index (κ3) is 3.02. The third-order valence-electron chi connectivity index (χ3n) is 1.80. The van der Waals surface area contributed by atoms with Gasteiger partial charge in [-0.3, -0.25) is 0 Å². The second-order valence-corrected chi connectivity index (χ2v) is 3.24. The van der Waals surface area contributed by atoms with E-state index in [0.29, 0.717) is 11.8 Å². The Morgan fingerprint density at radius 3 is 2.20 bits per heavy atom. The molecule has 0 unspecified atom stereocenters. The van der Waals surface area contributed by atoms with Crippen molar-refractivity contribution >= 4 is 0 Å². The maximum Gasteiger partial charge on any atom is 0.0591 e. The first-order chi connectivity index (χ1) is 4.59. The smallest absolute Gasteiger partial charge is 0.0591 e. The highest BCUT2D eigenvalue weighted by atomic mass is 16.3. The summed E-state index contributed by atoms with van der Waals surface area (Å²) in [6.45, 7) is 9.74. The second kappa shape index (κ2) is 4.51. The average Bonchev–Trinajstić information content (AvgIpc) is 1.87. The summed E-state index contributed by atoms with van der Waals surface area (Å²) in [6.07, 6.45) is 2.58. The van der Waals surface area contributed by atoms with Gasteiger partial charge in [-0.05, 0) is 18.3 Å². The molecule has 0 aliphatic rings. The fraction of sp³-hybridized carbons (Fsp3) is 0.778. The molecule has 1 N–H and O–H groups in total. The van der Waals surface area contributed by atoms with Gasteiger partial charge in [0, 0.05) is 0 Å². The highest BCUT2D eigenvalue weighted by molar-refractivity contribution is 4.76. The number of aliphatic hydroxyl groups is 1. The predicted octanol–water partition coefficient (Wildman–Crippen LogP) is 2.22. The summed E-state index contributed by atoms with van der Waals surface area (Å²) in [6, 6.07) is 0. The van der Waals surface area contributed by atoms with Crippen LogP contribution in [0.4, 0.5) is 0 Å². The van der Waals surface area contributed by atoms with Crippen LogP contribution in [-0.2, 0) is 0 Å². The molecular weight excluding hydrogens is 124 g/mol. The highest BCUT2D eigenvalue weighted by Crippen LogP contribution is 2.15. The van der Waals surface area contributed by atoms with Crippen molar-refractivity contribution < 1.29 is 5.11 Å². The van der Waals surface area contributed by atoms with E-state index in [1.165, 1.54) is 0 Å². The minimum absolute atomic E-state index is 0.182. The Bertz CT molecular complexity index is 96.9. The van der Waals surface area contributed by atoms with Crippen molar-refractivity contribution in [1.82, 2.24) is 0 Å². The largest absolute Gasteiger partial charge is 0.393 e. The fourth-order valence-corrected chi connectivity index (χ4v) is 1.06. The van der Waals surface area contributed by atoms with Crippen LogP contribution in [0.5, 0.6) is 0 Å².